The molecule has 1 aromatic heterocycles. The number of carbonyl (C=O) groups is 1. The van der Waals surface area contributed by atoms with Crippen molar-refractivity contribution in [3.8, 4) is 0 Å². The van der Waals surface area contributed by atoms with E-state index in [-0.39, 0.29) is 24.0 Å². The van der Waals surface area contributed by atoms with E-state index in [2.05, 4.69) is 12.2 Å². The summed E-state index contributed by atoms with van der Waals surface area (Å²) in [7, 11) is 1.89. The van der Waals surface area contributed by atoms with Crippen molar-refractivity contribution in [1.82, 2.24) is 19.4 Å². The number of aryl methyl sites for hydroxylation is 2. The van der Waals surface area contributed by atoms with Crippen molar-refractivity contribution in [2.75, 3.05) is 20.1 Å². The summed E-state index contributed by atoms with van der Waals surface area (Å²) < 4.78 is 3.56. The first kappa shape index (κ1) is 20.5. The molecule has 6 nitrogen and oxygen atoms in total. The summed E-state index contributed by atoms with van der Waals surface area (Å²) in [5.41, 5.74) is 1.85. The van der Waals surface area contributed by atoms with E-state index in [4.69, 9.17) is 0 Å². The minimum absolute atomic E-state index is 0. The Bertz CT molecular complexity index is 792. The third-order valence-electron chi connectivity index (χ3n) is 5.17. The summed E-state index contributed by atoms with van der Waals surface area (Å²) in [4.78, 5) is 27.2. The third-order valence-corrected chi connectivity index (χ3v) is 5.17. The lowest BCUT2D eigenvalue weighted by molar-refractivity contribution is -0.132. The van der Waals surface area contributed by atoms with Crippen LogP contribution in [-0.2, 0) is 17.9 Å². The number of hydrogen-bond donors (Lipinski definition) is 1. The SMILES string of the molecule is CCCn1c(=O)n(CCC(=O)N(C)C2CCNCC2)c2ccccc21.Cl. The van der Waals surface area contributed by atoms with Crippen molar-refractivity contribution < 1.29 is 4.79 Å². The van der Waals surface area contributed by atoms with E-state index >= 15 is 0 Å². The van der Waals surface area contributed by atoms with E-state index < -0.39 is 0 Å². The van der Waals surface area contributed by atoms with Crippen LogP contribution in [0.1, 0.15) is 32.6 Å². The van der Waals surface area contributed by atoms with Gasteiger partial charge < -0.3 is 10.2 Å². The second-order valence-electron chi connectivity index (χ2n) is 6.81. The number of amides is 1. The highest BCUT2D eigenvalue weighted by atomic mass is 35.5. The van der Waals surface area contributed by atoms with Gasteiger partial charge in [-0.25, -0.2) is 4.79 Å². The zero-order valence-electron chi connectivity index (χ0n) is 15.6. The number of carbonyl (C=O) groups excluding carboxylic acids is 1. The summed E-state index contributed by atoms with van der Waals surface area (Å²) in [5.74, 6) is 0.117. The maximum Gasteiger partial charge on any atom is 0.329 e. The average Bonchev–Trinajstić information content (AvgIpc) is 2.92. The smallest absolute Gasteiger partial charge is 0.329 e. The van der Waals surface area contributed by atoms with E-state index in [0.717, 1.165) is 43.4 Å². The minimum Gasteiger partial charge on any atom is -0.343 e. The second-order valence-corrected chi connectivity index (χ2v) is 6.81. The van der Waals surface area contributed by atoms with Crippen LogP contribution >= 0.6 is 12.4 Å². The predicted octanol–water partition coefficient (Wildman–Crippen LogP) is 2.24. The van der Waals surface area contributed by atoms with Crippen LogP contribution in [0.4, 0.5) is 0 Å². The maximum absolute atomic E-state index is 12.8. The van der Waals surface area contributed by atoms with Crippen LogP contribution in [0.15, 0.2) is 29.1 Å². The van der Waals surface area contributed by atoms with Crippen molar-refractivity contribution in [2.45, 2.75) is 51.7 Å². The molecule has 1 fully saturated rings. The Morgan fingerprint density at radius 3 is 2.31 bits per heavy atom. The van der Waals surface area contributed by atoms with Crippen LogP contribution in [0.3, 0.4) is 0 Å². The van der Waals surface area contributed by atoms with Gasteiger partial charge in [-0.15, -0.1) is 12.4 Å². The summed E-state index contributed by atoms with van der Waals surface area (Å²) in [5, 5.41) is 3.32. The molecule has 2 heterocycles. The van der Waals surface area contributed by atoms with Crippen molar-refractivity contribution >= 4 is 29.3 Å². The third kappa shape index (κ3) is 4.13. The molecule has 0 saturated carbocycles. The maximum atomic E-state index is 12.8. The number of piperidine rings is 1. The largest absolute Gasteiger partial charge is 0.343 e. The van der Waals surface area contributed by atoms with Crippen LogP contribution in [0.2, 0.25) is 0 Å². The zero-order chi connectivity index (χ0) is 17.8. The molecule has 0 radical (unpaired) electrons. The molecule has 1 aromatic carbocycles. The van der Waals surface area contributed by atoms with Gasteiger partial charge in [0.25, 0.3) is 0 Å². The molecule has 1 amide bonds. The standard InChI is InChI=1S/C19H28N4O2.ClH/c1-3-13-22-16-6-4-5-7-17(16)23(19(22)25)14-10-18(24)21(2)15-8-11-20-12-9-15;/h4-7,15,20H,3,8-14H2,1-2H3;1H. The summed E-state index contributed by atoms with van der Waals surface area (Å²) in [6.45, 7) is 5.13. The molecule has 1 aliphatic heterocycles. The van der Waals surface area contributed by atoms with Crippen molar-refractivity contribution in [3.05, 3.63) is 34.7 Å². The Morgan fingerprint density at radius 2 is 1.73 bits per heavy atom. The minimum atomic E-state index is -0.0135. The molecule has 0 spiro atoms. The Morgan fingerprint density at radius 1 is 1.15 bits per heavy atom. The van der Waals surface area contributed by atoms with Gasteiger partial charge in [-0.05, 0) is 44.5 Å². The number of nitrogens with one attached hydrogen (secondary N) is 1. The molecule has 1 saturated heterocycles. The number of benzene rings is 1. The van der Waals surface area contributed by atoms with Crippen LogP contribution in [0.5, 0.6) is 0 Å². The lowest BCUT2D eigenvalue weighted by Gasteiger charge is -2.31. The fraction of sp³-hybridized carbons (Fsp3) is 0.579. The van der Waals surface area contributed by atoms with Gasteiger partial charge in [0.05, 0.1) is 11.0 Å². The van der Waals surface area contributed by atoms with Gasteiger partial charge in [-0.3, -0.25) is 13.9 Å². The molecule has 1 N–H and O–H groups in total. The quantitative estimate of drug-likeness (QED) is 0.836. The average molecular weight is 381 g/mol. The van der Waals surface area contributed by atoms with Gasteiger partial charge >= 0.3 is 5.69 Å². The Kier molecular flexibility index (Phi) is 7.29. The first-order valence-corrected chi connectivity index (χ1v) is 9.28. The number of nitrogens with zero attached hydrogens (tertiary/aromatic N) is 3. The van der Waals surface area contributed by atoms with Gasteiger partial charge in [-0.2, -0.15) is 0 Å². The molecular formula is C19H29ClN4O2. The zero-order valence-corrected chi connectivity index (χ0v) is 16.4. The summed E-state index contributed by atoms with van der Waals surface area (Å²) >= 11 is 0. The van der Waals surface area contributed by atoms with E-state index in [1.807, 2.05) is 40.8 Å². The van der Waals surface area contributed by atoms with E-state index in [1.54, 1.807) is 4.57 Å². The topological polar surface area (TPSA) is 59.3 Å². The van der Waals surface area contributed by atoms with Crippen LogP contribution in [-0.4, -0.2) is 46.1 Å². The van der Waals surface area contributed by atoms with Crippen molar-refractivity contribution in [2.24, 2.45) is 0 Å². The first-order chi connectivity index (χ1) is 12.1. The summed E-state index contributed by atoms with van der Waals surface area (Å²) in [6, 6.07) is 8.15. The van der Waals surface area contributed by atoms with Gasteiger partial charge in [0, 0.05) is 32.6 Å². The Labute approximate surface area is 160 Å². The molecule has 2 aromatic rings. The number of para-hydroxylation sites is 2. The number of rotatable bonds is 6. The predicted molar refractivity (Wildman–Crippen MR) is 107 cm³/mol. The monoisotopic (exact) mass is 380 g/mol. The molecule has 0 atom stereocenters. The molecule has 0 bridgehead atoms. The van der Waals surface area contributed by atoms with Crippen LogP contribution < -0.4 is 11.0 Å². The normalized spacial score (nSPS) is 15.0. The second kappa shape index (κ2) is 9.24. The summed E-state index contributed by atoms with van der Waals surface area (Å²) in [6.07, 6.45) is 3.27. The van der Waals surface area contributed by atoms with E-state index in [0.29, 0.717) is 25.6 Å². The van der Waals surface area contributed by atoms with Gasteiger partial charge in [-0.1, -0.05) is 19.1 Å². The molecule has 0 unspecified atom stereocenters. The number of fused-ring (bicyclic) bond motifs is 1. The number of imidazole rings is 1. The number of halogens is 1. The first-order valence-electron chi connectivity index (χ1n) is 9.28. The highest BCUT2D eigenvalue weighted by Crippen LogP contribution is 2.15. The lowest BCUT2D eigenvalue weighted by atomic mass is 10.1. The molecule has 144 valence electrons. The van der Waals surface area contributed by atoms with Gasteiger partial charge in [0.1, 0.15) is 0 Å². The van der Waals surface area contributed by atoms with Gasteiger partial charge in [0.15, 0.2) is 0 Å². The highest BCUT2D eigenvalue weighted by molar-refractivity contribution is 5.85. The van der Waals surface area contributed by atoms with Gasteiger partial charge in [0.2, 0.25) is 5.91 Å². The molecule has 1 aliphatic rings. The van der Waals surface area contributed by atoms with Crippen molar-refractivity contribution in [3.63, 3.8) is 0 Å². The number of aromatic nitrogens is 2. The molecule has 7 heteroatoms. The molecule has 3 rings (SSSR count). The molecular weight excluding hydrogens is 352 g/mol. The Balaban J connectivity index is 0.00000243. The Hall–Kier alpha value is -1.79. The van der Waals surface area contributed by atoms with E-state index in [1.165, 1.54) is 0 Å². The molecule has 0 aliphatic carbocycles. The van der Waals surface area contributed by atoms with Crippen LogP contribution in [0, 0.1) is 0 Å². The fourth-order valence-electron chi connectivity index (χ4n) is 3.71. The van der Waals surface area contributed by atoms with E-state index in [9.17, 15) is 9.59 Å². The van der Waals surface area contributed by atoms with Crippen molar-refractivity contribution in [1.29, 1.82) is 0 Å². The highest BCUT2D eigenvalue weighted by Gasteiger charge is 2.22. The lowest BCUT2D eigenvalue weighted by Crippen LogP contribution is -2.44. The fourth-order valence-corrected chi connectivity index (χ4v) is 3.71. The van der Waals surface area contributed by atoms with Crippen LogP contribution in [0.25, 0.3) is 11.0 Å². The molecule has 26 heavy (non-hydrogen) atoms. The number of hydrogen-bond acceptors (Lipinski definition) is 3.